The zero-order chi connectivity index (χ0) is 14.5. The molecule has 2 N–H and O–H groups in total. The van der Waals surface area contributed by atoms with Crippen LogP contribution in [0.4, 0.5) is 0 Å². The first-order valence-electron chi connectivity index (χ1n) is 6.69. The average Bonchev–Trinajstić information content (AvgIpc) is 3.03. The molecule has 1 aliphatic rings. The lowest BCUT2D eigenvalue weighted by atomic mass is 10.2. The molecule has 20 heavy (non-hydrogen) atoms. The molecule has 108 valence electrons. The lowest BCUT2D eigenvalue weighted by molar-refractivity contribution is 0.0724. The summed E-state index contributed by atoms with van der Waals surface area (Å²) >= 11 is 1.36. The summed E-state index contributed by atoms with van der Waals surface area (Å²) in [7, 11) is 1.69. The van der Waals surface area contributed by atoms with Crippen LogP contribution in [0.2, 0.25) is 0 Å². The summed E-state index contributed by atoms with van der Waals surface area (Å²) in [4.78, 5) is 13.7. The van der Waals surface area contributed by atoms with Crippen LogP contribution in [-0.2, 0) is 4.74 Å². The van der Waals surface area contributed by atoms with Crippen LogP contribution in [0.25, 0.3) is 0 Å². The van der Waals surface area contributed by atoms with Gasteiger partial charge in [-0.05, 0) is 37.8 Å². The van der Waals surface area contributed by atoms with Crippen molar-refractivity contribution < 1.29 is 14.6 Å². The molecule has 0 bridgehead atoms. The molecule has 0 saturated heterocycles. The van der Waals surface area contributed by atoms with Gasteiger partial charge in [0.1, 0.15) is 6.61 Å². The maximum Gasteiger partial charge on any atom is 0.261 e. The van der Waals surface area contributed by atoms with Gasteiger partial charge in [0.2, 0.25) is 0 Å². The molecule has 1 amide bonds. The average molecular weight is 293 g/mol. The molecule has 1 heterocycles. The number of hydrogen-bond donors (Lipinski definition) is 2. The fourth-order valence-corrected chi connectivity index (χ4v) is 3.40. The number of hydrogen-bond acceptors (Lipinski definition) is 4. The summed E-state index contributed by atoms with van der Waals surface area (Å²) < 4.78 is 5.38. The number of carbonyl (C=O) groups excluding carboxylic acids is 1. The Morgan fingerprint density at radius 2 is 2.40 bits per heavy atom. The van der Waals surface area contributed by atoms with Crippen molar-refractivity contribution in [1.82, 2.24) is 5.32 Å². The molecule has 1 aliphatic carbocycles. The number of carbonyl (C=O) groups is 1. The van der Waals surface area contributed by atoms with E-state index in [4.69, 9.17) is 9.84 Å². The fourth-order valence-electron chi connectivity index (χ4n) is 2.45. The number of aryl methyl sites for hydroxylation is 1. The van der Waals surface area contributed by atoms with Gasteiger partial charge in [-0.25, -0.2) is 0 Å². The van der Waals surface area contributed by atoms with Crippen molar-refractivity contribution in [3.63, 3.8) is 0 Å². The zero-order valence-corrected chi connectivity index (χ0v) is 12.5. The first-order chi connectivity index (χ1) is 9.65. The van der Waals surface area contributed by atoms with Gasteiger partial charge in [0.25, 0.3) is 5.91 Å². The van der Waals surface area contributed by atoms with Crippen LogP contribution in [0.5, 0.6) is 0 Å². The maximum absolute atomic E-state index is 12.2. The second-order valence-electron chi connectivity index (χ2n) is 4.87. The van der Waals surface area contributed by atoms with Crippen LogP contribution in [0.1, 0.15) is 39.4 Å². The maximum atomic E-state index is 12.2. The lowest BCUT2D eigenvalue weighted by Crippen LogP contribution is -2.40. The van der Waals surface area contributed by atoms with Gasteiger partial charge in [-0.1, -0.05) is 11.8 Å². The first-order valence-corrected chi connectivity index (χ1v) is 7.51. The van der Waals surface area contributed by atoms with Crippen molar-refractivity contribution in [2.75, 3.05) is 13.7 Å². The van der Waals surface area contributed by atoms with Crippen molar-refractivity contribution in [3.8, 4) is 11.8 Å². The van der Waals surface area contributed by atoms with E-state index in [-0.39, 0.29) is 24.7 Å². The number of aliphatic hydroxyl groups is 1. The normalized spacial score (nSPS) is 21.4. The number of aliphatic hydroxyl groups excluding tert-OH is 1. The molecule has 1 saturated carbocycles. The molecule has 2 unspecified atom stereocenters. The van der Waals surface area contributed by atoms with Gasteiger partial charge in [-0.3, -0.25) is 4.79 Å². The van der Waals surface area contributed by atoms with Crippen LogP contribution < -0.4 is 5.32 Å². The fraction of sp³-hybridized carbons (Fsp3) is 0.533. The highest BCUT2D eigenvalue weighted by Crippen LogP contribution is 2.24. The van der Waals surface area contributed by atoms with Gasteiger partial charge >= 0.3 is 0 Å². The number of ether oxygens (including phenoxy) is 1. The van der Waals surface area contributed by atoms with E-state index < -0.39 is 0 Å². The third kappa shape index (κ3) is 3.40. The summed E-state index contributed by atoms with van der Waals surface area (Å²) in [6.45, 7) is 1.75. The van der Waals surface area contributed by atoms with E-state index in [0.29, 0.717) is 4.88 Å². The Morgan fingerprint density at radius 3 is 3.10 bits per heavy atom. The molecule has 1 fully saturated rings. The predicted octanol–water partition coefficient (Wildman–Crippen LogP) is 1.70. The molecule has 0 aromatic carbocycles. The Bertz CT molecular complexity index is 541. The SMILES string of the molecule is COC1CCCC1NC(=O)c1cc(C)c(C#CCO)s1. The number of thiophene rings is 1. The van der Waals surface area contributed by atoms with Gasteiger partial charge in [0.15, 0.2) is 0 Å². The molecule has 2 atom stereocenters. The van der Waals surface area contributed by atoms with Gasteiger partial charge in [-0.2, -0.15) is 0 Å². The van der Waals surface area contributed by atoms with E-state index in [1.807, 2.05) is 13.0 Å². The third-order valence-electron chi connectivity index (χ3n) is 3.49. The molecule has 2 rings (SSSR count). The van der Waals surface area contributed by atoms with Crippen LogP contribution in [-0.4, -0.2) is 36.9 Å². The molecule has 0 aliphatic heterocycles. The van der Waals surface area contributed by atoms with Crippen molar-refractivity contribution in [2.45, 2.75) is 38.3 Å². The van der Waals surface area contributed by atoms with Gasteiger partial charge < -0.3 is 15.2 Å². The minimum Gasteiger partial charge on any atom is -0.384 e. The van der Waals surface area contributed by atoms with Crippen molar-refractivity contribution in [3.05, 3.63) is 21.4 Å². The second kappa shape index (κ2) is 6.89. The molecule has 4 nitrogen and oxygen atoms in total. The van der Waals surface area contributed by atoms with Crippen LogP contribution >= 0.6 is 11.3 Å². The molecule has 5 heteroatoms. The highest BCUT2D eigenvalue weighted by molar-refractivity contribution is 7.14. The van der Waals surface area contributed by atoms with Gasteiger partial charge in [0.05, 0.1) is 21.9 Å². The van der Waals surface area contributed by atoms with Crippen LogP contribution in [0.3, 0.4) is 0 Å². The number of amides is 1. The standard InChI is InChI=1S/C15H19NO3S/c1-10-9-14(20-13(10)7-4-8-17)15(18)16-11-5-3-6-12(11)19-2/h9,11-12,17H,3,5-6,8H2,1-2H3,(H,16,18). The topological polar surface area (TPSA) is 58.6 Å². The molecule has 1 aromatic rings. The smallest absolute Gasteiger partial charge is 0.261 e. The number of nitrogens with one attached hydrogen (secondary N) is 1. The zero-order valence-electron chi connectivity index (χ0n) is 11.7. The van der Waals surface area contributed by atoms with Gasteiger partial charge in [0, 0.05) is 7.11 Å². The molecule has 0 radical (unpaired) electrons. The van der Waals surface area contributed by atoms with E-state index >= 15 is 0 Å². The summed E-state index contributed by atoms with van der Waals surface area (Å²) in [5, 5.41) is 11.8. The van der Waals surface area contributed by atoms with Crippen LogP contribution in [0.15, 0.2) is 6.07 Å². The Kier molecular flexibility index (Phi) is 5.18. The summed E-state index contributed by atoms with van der Waals surface area (Å²) in [6.07, 6.45) is 3.16. The predicted molar refractivity (Wildman–Crippen MR) is 78.9 cm³/mol. The van der Waals surface area contributed by atoms with Crippen molar-refractivity contribution >= 4 is 17.2 Å². The Hall–Kier alpha value is -1.35. The Labute approximate surface area is 123 Å². The summed E-state index contributed by atoms with van der Waals surface area (Å²) in [5.74, 6) is 5.41. The quantitative estimate of drug-likeness (QED) is 0.834. The summed E-state index contributed by atoms with van der Waals surface area (Å²) in [5.41, 5.74) is 0.968. The molecular weight excluding hydrogens is 274 g/mol. The first kappa shape index (κ1) is 15.0. The molecule has 1 aromatic heterocycles. The number of methoxy groups -OCH3 is 1. The lowest BCUT2D eigenvalue weighted by Gasteiger charge is -2.19. The Balaban J connectivity index is 2.06. The van der Waals surface area contributed by atoms with E-state index in [9.17, 15) is 4.79 Å². The van der Waals surface area contributed by atoms with Crippen LogP contribution in [0, 0.1) is 18.8 Å². The van der Waals surface area contributed by atoms with E-state index in [0.717, 1.165) is 29.7 Å². The highest BCUT2D eigenvalue weighted by Gasteiger charge is 2.29. The number of rotatable bonds is 3. The molecular formula is C15H19NO3S. The van der Waals surface area contributed by atoms with Crippen molar-refractivity contribution in [2.24, 2.45) is 0 Å². The minimum absolute atomic E-state index is 0.0656. The summed E-state index contributed by atoms with van der Waals surface area (Å²) in [6, 6.07) is 1.94. The van der Waals surface area contributed by atoms with E-state index in [2.05, 4.69) is 17.2 Å². The Morgan fingerprint density at radius 1 is 1.60 bits per heavy atom. The second-order valence-corrected chi connectivity index (χ2v) is 5.92. The van der Waals surface area contributed by atoms with E-state index in [1.165, 1.54) is 11.3 Å². The van der Waals surface area contributed by atoms with E-state index in [1.54, 1.807) is 7.11 Å². The van der Waals surface area contributed by atoms with Crippen molar-refractivity contribution in [1.29, 1.82) is 0 Å². The molecule has 0 spiro atoms. The monoisotopic (exact) mass is 293 g/mol. The highest BCUT2D eigenvalue weighted by atomic mass is 32.1. The third-order valence-corrected chi connectivity index (χ3v) is 4.65. The minimum atomic E-state index is -0.170. The largest absolute Gasteiger partial charge is 0.384 e. The van der Waals surface area contributed by atoms with Gasteiger partial charge in [-0.15, -0.1) is 11.3 Å².